The van der Waals surface area contributed by atoms with E-state index >= 15 is 0 Å². The maximum absolute atomic E-state index is 12.2. The molecule has 0 aliphatic carbocycles. The van der Waals surface area contributed by atoms with Crippen LogP contribution in [-0.2, 0) is 11.3 Å². The van der Waals surface area contributed by atoms with Crippen LogP contribution in [0.25, 0.3) is 0 Å². The molecule has 0 aliphatic heterocycles. The quantitative estimate of drug-likeness (QED) is 0.261. The lowest BCUT2D eigenvalue weighted by Crippen LogP contribution is -2.25. The minimum absolute atomic E-state index is 0.318. The van der Waals surface area contributed by atoms with Gasteiger partial charge in [-0.3, -0.25) is 0 Å². The van der Waals surface area contributed by atoms with Crippen LogP contribution in [0.3, 0.4) is 0 Å². The number of carbonyl (C=O) groups is 1. The highest BCUT2D eigenvalue weighted by Gasteiger charge is 2.13. The van der Waals surface area contributed by atoms with E-state index in [9.17, 15) is 4.79 Å². The molecule has 6 heteroatoms. The van der Waals surface area contributed by atoms with Gasteiger partial charge in [0.1, 0.15) is 0 Å². The number of nitrogen functional groups attached to an aromatic ring is 1. The van der Waals surface area contributed by atoms with Crippen molar-refractivity contribution in [3.63, 3.8) is 0 Å². The molecule has 0 radical (unpaired) electrons. The van der Waals surface area contributed by atoms with Crippen molar-refractivity contribution >= 4 is 39.2 Å². The second-order valence-electron chi connectivity index (χ2n) is 5.61. The van der Waals surface area contributed by atoms with Crippen LogP contribution >= 0.6 is 27.5 Å². The Balaban J connectivity index is 2.67. The van der Waals surface area contributed by atoms with E-state index in [0.717, 1.165) is 35.7 Å². The number of anilines is 1. The first-order valence-corrected chi connectivity index (χ1v) is 9.36. The van der Waals surface area contributed by atoms with E-state index in [2.05, 4.69) is 35.1 Å². The summed E-state index contributed by atoms with van der Waals surface area (Å²) >= 11 is 9.04. The van der Waals surface area contributed by atoms with E-state index < -0.39 is 0 Å². The minimum atomic E-state index is -0.318. The number of nitrogens with two attached hydrogens (primary N) is 1. The van der Waals surface area contributed by atoms with Crippen molar-refractivity contribution in [2.24, 2.45) is 0 Å². The first-order valence-electron chi connectivity index (χ1n) is 8.04. The van der Waals surface area contributed by atoms with Crippen LogP contribution in [-0.4, -0.2) is 24.5 Å². The Morgan fingerprint density at radius 3 is 2.78 bits per heavy atom. The van der Waals surface area contributed by atoms with Gasteiger partial charge in [-0.05, 0) is 66.2 Å². The normalized spacial score (nSPS) is 12.2. The highest BCUT2D eigenvalue weighted by molar-refractivity contribution is 9.10. The van der Waals surface area contributed by atoms with Crippen LogP contribution in [0.15, 0.2) is 16.6 Å². The molecule has 0 bridgehead atoms. The van der Waals surface area contributed by atoms with E-state index in [1.807, 2.05) is 0 Å². The molecule has 1 atom stereocenters. The average Bonchev–Trinajstić information content (AvgIpc) is 2.55. The molecule has 23 heavy (non-hydrogen) atoms. The molecule has 3 N–H and O–H groups in total. The molecule has 1 aromatic carbocycles. The van der Waals surface area contributed by atoms with E-state index in [0.29, 0.717) is 36.3 Å². The molecule has 0 aliphatic rings. The molecular formula is C17H26BrClN2O2. The van der Waals surface area contributed by atoms with Gasteiger partial charge in [-0.25, -0.2) is 4.79 Å². The molecule has 0 saturated heterocycles. The number of halogens is 2. The monoisotopic (exact) mass is 404 g/mol. The number of carbonyl (C=O) groups excluding carboxylic acids is 1. The molecule has 1 aromatic rings. The predicted octanol–water partition coefficient (Wildman–Crippen LogP) is 4.49. The molecule has 0 amide bonds. The van der Waals surface area contributed by atoms with Gasteiger partial charge < -0.3 is 15.8 Å². The summed E-state index contributed by atoms with van der Waals surface area (Å²) < 4.78 is 6.02. The number of hydrogen-bond donors (Lipinski definition) is 2. The fraction of sp³-hybridized carbons (Fsp3) is 0.588. The summed E-state index contributed by atoms with van der Waals surface area (Å²) in [6.07, 6.45) is 3.77. The molecule has 0 fully saturated rings. The number of alkyl halides is 1. The van der Waals surface area contributed by atoms with Crippen LogP contribution in [0, 0.1) is 0 Å². The van der Waals surface area contributed by atoms with Crippen LogP contribution < -0.4 is 11.1 Å². The Bertz CT molecular complexity index is 512. The number of ether oxygens (including phenoxy) is 1. The number of unbranched alkanes of at least 4 members (excludes halogenated alkanes) is 2. The van der Waals surface area contributed by atoms with Crippen LogP contribution in [0.1, 0.15) is 55.5 Å². The topological polar surface area (TPSA) is 64.3 Å². The van der Waals surface area contributed by atoms with Crippen LogP contribution in [0.4, 0.5) is 5.69 Å². The Morgan fingerprint density at radius 1 is 1.39 bits per heavy atom. The Morgan fingerprint density at radius 2 is 2.13 bits per heavy atom. The average molecular weight is 406 g/mol. The molecule has 0 spiro atoms. The molecular weight excluding hydrogens is 380 g/mol. The summed E-state index contributed by atoms with van der Waals surface area (Å²) in [6, 6.07) is 3.91. The fourth-order valence-corrected chi connectivity index (χ4v) is 2.68. The zero-order valence-electron chi connectivity index (χ0n) is 13.8. The second-order valence-corrected chi connectivity index (χ2v) is 6.84. The van der Waals surface area contributed by atoms with Crippen molar-refractivity contribution in [3.8, 4) is 0 Å². The summed E-state index contributed by atoms with van der Waals surface area (Å²) in [4.78, 5) is 12.2. The minimum Gasteiger partial charge on any atom is -0.462 e. The van der Waals surface area contributed by atoms with Crippen molar-refractivity contribution in [3.05, 3.63) is 27.7 Å². The van der Waals surface area contributed by atoms with Gasteiger partial charge in [0.2, 0.25) is 0 Å². The Labute approximate surface area is 152 Å². The number of nitrogens with one attached hydrogen (secondary N) is 1. The predicted molar refractivity (Wildman–Crippen MR) is 100 cm³/mol. The maximum Gasteiger partial charge on any atom is 0.338 e. The Kier molecular flexibility index (Phi) is 9.60. The highest BCUT2D eigenvalue weighted by atomic mass is 79.9. The van der Waals surface area contributed by atoms with Crippen LogP contribution in [0.5, 0.6) is 0 Å². The molecule has 130 valence electrons. The van der Waals surface area contributed by atoms with Gasteiger partial charge in [0.15, 0.2) is 0 Å². The van der Waals surface area contributed by atoms with Crippen molar-refractivity contribution in [1.29, 1.82) is 0 Å². The second kappa shape index (κ2) is 10.9. The van der Waals surface area contributed by atoms with Gasteiger partial charge >= 0.3 is 5.97 Å². The summed E-state index contributed by atoms with van der Waals surface area (Å²) in [5.74, 6) is 0.326. The zero-order valence-corrected chi connectivity index (χ0v) is 16.2. The van der Waals surface area contributed by atoms with E-state index in [1.165, 1.54) is 0 Å². The van der Waals surface area contributed by atoms with Gasteiger partial charge in [-0.15, -0.1) is 11.6 Å². The summed E-state index contributed by atoms with van der Waals surface area (Å²) in [5.41, 5.74) is 8.15. The van der Waals surface area contributed by atoms with Crippen molar-refractivity contribution in [2.75, 3.05) is 18.2 Å². The lowest BCUT2D eigenvalue weighted by molar-refractivity contribution is 0.0498. The highest BCUT2D eigenvalue weighted by Crippen LogP contribution is 2.26. The smallest absolute Gasteiger partial charge is 0.338 e. The van der Waals surface area contributed by atoms with Gasteiger partial charge in [-0.2, -0.15) is 0 Å². The molecule has 0 saturated carbocycles. The van der Waals surface area contributed by atoms with E-state index in [1.54, 1.807) is 12.1 Å². The SMILES string of the molecule is CCC(C)NCc1cc(C(=O)OCCCCCCl)cc(Br)c1N. The first kappa shape index (κ1) is 20.3. The van der Waals surface area contributed by atoms with Gasteiger partial charge in [0.05, 0.1) is 17.9 Å². The fourth-order valence-electron chi connectivity index (χ4n) is 1.99. The molecule has 1 rings (SSSR count). The third kappa shape index (κ3) is 7.10. The molecule has 0 heterocycles. The third-order valence-corrected chi connectivity index (χ3v) is 4.64. The van der Waals surface area contributed by atoms with Crippen molar-refractivity contribution < 1.29 is 9.53 Å². The number of esters is 1. The Hall–Kier alpha value is -0.780. The van der Waals surface area contributed by atoms with Crippen molar-refractivity contribution in [1.82, 2.24) is 5.32 Å². The maximum atomic E-state index is 12.2. The van der Waals surface area contributed by atoms with Gasteiger partial charge in [0.25, 0.3) is 0 Å². The number of hydrogen-bond acceptors (Lipinski definition) is 4. The van der Waals surface area contributed by atoms with E-state index in [-0.39, 0.29) is 5.97 Å². The lowest BCUT2D eigenvalue weighted by atomic mass is 10.1. The first-order chi connectivity index (χ1) is 11.0. The third-order valence-electron chi connectivity index (χ3n) is 3.72. The lowest BCUT2D eigenvalue weighted by Gasteiger charge is -2.15. The molecule has 0 aromatic heterocycles. The standard InChI is InChI=1S/C17H26BrClN2O2/c1-3-12(2)21-11-14-9-13(10-15(18)16(14)20)17(22)23-8-6-4-5-7-19/h9-10,12,21H,3-8,11,20H2,1-2H3. The zero-order chi connectivity index (χ0) is 17.2. The summed E-state index contributed by atoms with van der Waals surface area (Å²) in [7, 11) is 0. The van der Waals surface area contributed by atoms with Crippen LogP contribution in [0.2, 0.25) is 0 Å². The number of rotatable bonds is 10. The summed E-state index contributed by atoms with van der Waals surface area (Å²) in [5, 5.41) is 3.38. The van der Waals surface area contributed by atoms with Crippen molar-refractivity contribution in [2.45, 2.75) is 52.1 Å². The van der Waals surface area contributed by atoms with Gasteiger partial charge in [-0.1, -0.05) is 6.92 Å². The molecule has 1 unspecified atom stereocenters. The molecule has 4 nitrogen and oxygen atoms in total. The van der Waals surface area contributed by atoms with Gasteiger partial charge in [0, 0.05) is 22.9 Å². The largest absolute Gasteiger partial charge is 0.462 e. The number of benzene rings is 1. The van der Waals surface area contributed by atoms with E-state index in [4.69, 9.17) is 22.1 Å². The summed E-state index contributed by atoms with van der Waals surface area (Å²) in [6.45, 7) is 5.27.